The highest BCUT2D eigenvalue weighted by atomic mass is 16.5. The molecule has 2 heterocycles. The van der Waals surface area contributed by atoms with Crippen molar-refractivity contribution >= 4 is 5.65 Å². The second kappa shape index (κ2) is 3.45. The van der Waals surface area contributed by atoms with Crippen LogP contribution < -0.4 is 10.5 Å². The first kappa shape index (κ1) is 8.07. The van der Waals surface area contributed by atoms with E-state index in [4.69, 9.17) is 10.5 Å². The smallest absolute Gasteiger partial charge is 0.232 e. The molecule has 2 aromatic heterocycles. The minimum Gasteiger partial charge on any atom is -0.475 e. The minimum atomic E-state index is 0.504. The summed E-state index contributed by atoms with van der Waals surface area (Å²) in [4.78, 5) is 4.24. The van der Waals surface area contributed by atoms with E-state index in [1.165, 1.54) is 0 Å². The van der Waals surface area contributed by atoms with Crippen LogP contribution in [0.25, 0.3) is 5.65 Å². The number of fused-ring (bicyclic) bond motifs is 1. The molecule has 0 aromatic carbocycles. The first-order valence-electron chi connectivity index (χ1n) is 4.17. The van der Waals surface area contributed by atoms with Crippen molar-refractivity contribution in [3.63, 3.8) is 0 Å². The van der Waals surface area contributed by atoms with Crippen LogP contribution in [0.1, 0.15) is 0 Å². The van der Waals surface area contributed by atoms with E-state index in [1.54, 1.807) is 0 Å². The van der Waals surface area contributed by atoms with E-state index in [1.807, 2.05) is 35.0 Å². The lowest BCUT2D eigenvalue weighted by Crippen LogP contribution is -2.10. The van der Waals surface area contributed by atoms with E-state index in [-0.39, 0.29) is 0 Å². The number of ether oxygens (including phenoxy) is 1. The van der Waals surface area contributed by atoms with Gasteiger partial charge in [0.2, 0.25) is 5.88 Å². The van der Waals surface area contributed by atoms with Crippen molar-refractivity contribution in [2.24, 2.45) is 5.73 Å². The van der Waals surface area contributed by atoms with Crippen molar-refractivity contribution in [1.29, 1.82) is 0 Å². The van der Waals surface area contributed by atoms with Crippen molar-refractivity contribution in [3.05, 3.63) is 30.6 Å². The standard InChI is InChI=1S/C9H11N3O/c10-4-6-13-9-7-12-5-2-1-3-8(12)11-9/h1-3,5,7H,4,6,10H2. The maximum atomic E-state index is 5.31. The zero-order chi connectivity index (χ0) is 9.10. The fourth-order valence-corrected chi connectivity index (χ4v) is 1.14. The van der Waals surface area contributed by atoms with E-state index in [9.17, 15) is 0 Å². The summed E-state index contributed by atoms with van der Waals surface area (Å²) in [7, 11) is 0. The van der Waals surface area contributed by atoms with Crippen LogP contribution in [-0.4, -0.2) is 22.5 Å². The number of hydrogen-bond donors (Lipinski definition) is 1. The van der Waals surface area contributed by atoms with Gasteiger partial charge in [-0.25, -0.2) is 0 Å². The van der Waals surface area contributed by atoms with Crippen molar-refractivity contribution in [2.45, 2.75) is 0 Å². The summed E-state index contributed by atoms with van der Waals surface area (Å²) in [6.45, 7) is 1.01. The second-order valence-corrected chi connectivity index (χ2v) is 2.68. The average molecular weight is 177 g/mol. The van der Waals surface area contributed by atoms with Crippen LogP contribution in [0.4, 0.5) is 0 Å². The Balaban J connectivity index is 2.28. The second-order valence-electron chi connectivity index (χ2n) is 2.68. The van der Waals surface area contributed by atoms with E-state index in [0.29, 0.717) is 19.0 Å². The molecule has 2 N–H and O–H groups in total. The Bertz CT molecular complexity index is 363. The summed E-state index contributed by atoms with van der Waals surface area (Å²) in [6, 6.07) is 5.81. The Morgan fingerprint density at radius 2 is 2.38 bits per heavy atom. The summed E-state index contributed by atoms with van der Waals surface area (Å²) in [5, 5.41) is 0. The summed E-state index contributed by atoms with van der Waals surface area (Å²) in [6.07, 6.45) is 3.77. The van der Waals surface area contributed by atoms with Gasteiger partial charge in [-0.2, -0.15) is 4.98 Å². The van der Waals surface area contributed by atoms with Gasteiger partial charge in [0.25, 0.3) is 0 Å². The number of nitrogens with two attached hydrogens (primary N) is 1. The summed E-state index contributed by atoms with van der Waals surface area (Å²) in [5.41, 5.74) is 6.19. The molecule has 2 rings (SSSR count). The molecule has 0 atom stereocenters. The number of imidazole rings is 1. The maximum Gasteiger partial charge on any atom is 0.232 e. The van der Waals surface area contributed by atoms with E-state index in [0.717, 1.165) is 5.65 Å². The molecule has 0 aliphatic carbocycles. The quantitative estimate of drug-likeness (QED) is 0.749. The molecule has 0 bridgehead atoms. The summed E-state index contributed by atoms with van der Waals surface area (Å²) < 4.78 is 7.19. The van der Waals surface area contributed by atoms with E-state index >= 15 is 0 Å². The molecule has 13 heavy (non-hydrogen) atoms. The monoisotopic (exact) mass is 177 g/mol. The highest BCUT2D eigenvalue weighted by Crippen LogP contribution is 2.10. The molecule has 0 spiro atoms. The number of pyridine rings is 1. The minimum absolute atomic E-state index is 0.504. The van der Waals surface area contributed by atoms with Gasteiger partial charge >= 0.3 is 0 Å². The van der Waals surface area contributed by atoms with Crippen molar-refractivity contribution in [2.75, 3.05) is 13.2 Å². The SMILES string of the molecule is NCCOc1cn2ccccc2n1. The van der Waals surface area contributed by atoms with Gasteiger partial charge in [-0.1, -0.05) is 6.07 Å². The van der Waals surface area contributed by atoms with Gasteiger partial charge in [0.1, 0.15) is 12.3 Å². The van der Waals surface area contributed by atoms with Gasteiger partial charge in [0.15, 0.2) is 0 Å². The highest BCUT2D eigenvalue weighted by Gasteiger charge is 1.99. The predicted octanol–water partition coefficient (Wildman–Crippen LogP) is 0.672. The zero-order valence-electron chi connectivity index (χ0n) is 7.18. The van der Waals surface area contributed by atoms with Gasteiger partial charge in [0, 0.05) is 12.7 Å². The molecular formula is C9H11N3O. The predicted molar refractivity (Wildman–Crippen MR) is 49.7 cm³/mol. The number of rotatable bonds is 3. The lowest BCUT2D eigenvalue weighted by molar-refractivity contribution is 0.317. The molecule has 0 aliphatic rings. The van der Waals surface area contributed by atoms with Crippen molar-refractivity contribution in [3.8, 4) is 5.88 Å². The Morgan fingerprint density at radius 1 is 1.46 bits per heavy atom. The molecule has 0 saturated carbocycles. The topological polar surface area (TPSA) is 52.5 Å². The summed E-state index contributed by atoms with van der Waals surface area (Å²) in [5.74, 6) is 0.622. The molecule has 0 radical (unpaired) electrons. The Morgan fingerprint density at radius 3 is 3.15 bits per heavy atom. The fraction of sp³-hybridized carbons (Fsp3) is 0.222. The zero-order valence-corrected chi connectivity index (χ0v) is 7.18. The van der Waals surface area contributed by atoms with Crippen LogP contribution >= 0.6 is 0 Å². The molecular weight excluding hydrogens is 166 g/mol. The van der Waals surface area contributed by atoms with Gasteiger partial charge in [-0.15, -0.1) is 0 Å². The third-order valence-electron chi connectivity index (χ3n) is 1.71. The summed E-state index contributed by atoms with van der Waals surface area (Å²) >= 11 is 0. The van der Waals surface area contributed by atoms with Crippen LogP contribution in [0.5, 0.6) is 5.88 Å². The molecule has 2 aromatic rings. The fourth-order valence-electron chi connectivity index (χ4n) is 1.14. The van der Waals surface area contributed by atoms with E-state index < -0.39 is 0 Å². The van der Waals surface area contributed by atoms with Crippen LogP contribution in [0.15, 0.2) is 30.6 Å². The molecule has 0 unspecified atom stereocenters. The average Bonchev–Trinajstić information content (AvgIpc) is 2.57. The first-order valence-corrected chi connectivity index (χ1v) is 4.17. The molecule has 0 fully saturated rings. The third kappa shape index (κ3) is 1.62. The van der Waals surface area contributed by atoms with Crippen LogP contribution in [0.3, 0.4) is 0 Å². The van der Waals surface area contributed by atoms with Gasteiger partial charge in [-0.3, -0.25) is 0 Å². The largest absolute Gasteiger partial charge is 0.475 e. The highest BCUT2D eigenvalue weighted by molar-refractivity contribution is 5.40. The van der Waals surface area contributed by atoms with Crippen molar-refractivity contribution < 1.29 is 4.74 Å². The lowest BCUT2D eigenvalue weighted by atomic mass is 10.5. The van der Waals surface area contributed by atoms with Crippen LogP contribution in [0, 0.1) is 0 Å². The van der Waals surface area contributed by atoms with Gasteiger partial charge in [0.05, 0.1) is 6.20 Å². The first-order chi connectivity index (χ1) is 6.40. The number of nitrogens with zero attached hydrogens (tertiary/aromatic N) is 2. The molecule has 4 heteroatoms. The lowest BCUT2D eigenvalue weighted by Gasteiger charge is -1.96. The molecule has 0 aliphatic heterocycles. The van der Waals surface area contributed by atoms with E-state index in [2.05, 4.69) is 4.98 Å². The molecule has 68 valence electrons. The third-order valence-corrected chi connectivity index (χ3v) is 1.71. The Labute approximate surface area is 76.0 Å². The van der Waals surface area contributed by atoms with Crippen LogP contribution in [-0.2, 0) is 0 Å². The number of aromatic nitrogens is 2. The maximum absolute atomic E-state index is 5.31. The number of hydrogen-bond acceptors (Lipinski definition) is 3. The Kier molecular flexibility index (Phi) is 2.14. The Hall–Kier alpha value is -1.55. The van der Waals surface area contributed by atoms with Gasteiger partial charge in [-0.05, 0) is 12.1 Å². The van der Waals surface area contributed by atoms with Crippen LogP contribution in [0.2, 0.25) is 0 Å². The molecule has 4 nitrogen and oxygen atoms in total. The molecule has 0 saturated heterocycles. The van der Waals surface area contributed by atoms with Crippen molar-refractivity contribution in [1.82, 2.24) is 9.38 Å². The normalized spacial score (nSPS) is 10.5. The van der Waals surface area contributed by atoms with Gasteiger partial charge < -0.3 is 14.9 Å². The molecule has 0 amide bonds.